The van der Waals surface area contributed by atoms with E-state index in [4.69, 9.17) is 0 Å². The van der Waals surface area contributed by atoms with Gasteiger partial charge in [-0.25, -0.2) is 4.98 Å². The van der Waals surface area contributed by atoms with E-state index < -0.39 is 0 Å². The van der Waals surface area contributed by atoms with Crippen molar-refractivity contribution in [1.82, 2.24) is 14.7 Å². The molecule has 0 aliphatic rings. The van der Waals surface area contributed by atoms with Crippen LogP contribution in [0.4, 0.5) is 0 Å². The number of nitrogens with zero attached hydrogens (tertiary/aromatic N) is 2. The lowest BCUT2D eigenvalue weighted by molar-refractivity contribution is -0.885. The molecule has 2 aromatic rings. The Labute approximate surface area is 121 Å². The van der Waals surface area contributed by atoms with Crippen molar-refractivity contribution in [3.63, 3.8) is 0 Å². The predicted molar refractivity (Wildman–Crippen MR) is 78.1 cm³/mol. The lowest BCUT2D eigenvalue weighted by Gasteiger charge is -2.14. The third kappa shape index (κ3) is 3.64. The maximum absolute atomic E-state index is 11.9. The van der Waals surface area contributed by atoms with E-state index in [-0.39, 0.29) is 17.5 Å². The number of quaternary nitrogens is 1. The maximum Gasteiger partial charge on any atom is 0.275 e. The topological polar surface area (TPSA) is 67.9 Å². The number of fused-ring (bicyclic) bond motifs is 1. The van der Waals surface area contributed by atoms with Gasteiger partial charge in [0.1, 0.15) is 12.2 Å². The molecule has 2 aromatic heterocycles. The van der Waals surface area contributed by atoms with Crippen LogP contribution in [-0.2, 0) is 11.3 Å². The Morgan fingerprint density at radius 3 is 3.00 bits per heavy atom. The quantitative estimate of drug-likeness (QED) is 0.766. The largest absolute Gasteiger partial charge is 0.349 e. The molecule has 0 radical (unpaired) electrons. The Morgan fingerprint density at radius 2 is 2.30 bits per heavy atom. The average Bonchev–Trinajstić information content (AvgIpc) is 2.75. The van der Waals surface area contributed by atoms with Crippen LogP contribution in [-0.4, -0.2) is 34.9 Å². The summed E-state index contributed by atoms with van der Waals surface area (Å²) in [6.45, 7) is 4.78. The van der Waals surface area contributed by atoms with Gasteiger partial charge in [0.15, 0.2) is 11.5 Å². The first-order valence-electron chi connectivity index (χ1n) is 6.52. The first-order valence-corrected chi connectivity index (χ1v) is 7.40. The molecule has 0 bridgehead atoms. The maximum atomic E-state index is 11.9. The van der Waals surface area contributed by atoms with Crippen LogP contribution >= 0.6 is 11.3 Å². The van der Waals surface area contributed by atoms with Gasteiger partial charge in [0.2, 0.25) is 0 Å². The number of nitrogens with one attached hydrogen (secondary N) is 2. The summed E-state index contributed by atoms with van der Waals surface area (Å²) in [5, 5.41) is 4.69. The van der Waals surface area contributed by atoms with Crippen molar-refractivity contribution < 1.29 is 9.69 Å². The van der Waals surface area contributed by atoms with Crippen molar-refractivity contribution in [3.8, 4) is 0 Å². The Hall–Kier alpha value is -1.73. The van der Waals surface area contributed by atoms with Crippen molar-refractivity contribution in [2.24, 2.45) is 0 Å². The number of amides is 1. The third-order valence-electron chi connectivity index (χ3n) is 2.75. The summed E-state index contributed by atoms with van der Waals surface area (Å²) in [6, 6.07) is 1.67. The normalized spacial score (nSPS) is 12.8. The standard InChI is InChI=1S/C13H18N4O2S/c1-9(2)14-11(18)8-16(3)7-10-6-12(19)17-4-5-20-13(17)15-10/h4-6,9H,7-8H2,1-3H3,(H,14,18)/p+1. The van der Waals surface area contributed by atoms with Crippen LogP contribution in [0.25, 0.3) is 4.96 Å². The molecule has 2 heterocycles. The van der Waals surface area contributed by atoms with Gasteiger partial charge in [-0.1, -0.05) is 0 Å². The van der Waals surface area contributed by atoms with E-state index in [1.807, 2.05) is 26.3 Å². The highest BCUT2D eigenvalue weighted by atomic mass is 32.1. The second kappa shape index (κ2) is 6.15. The third-order valence-corrected chi connectivity index (χ3v) is 3.51. The second-order valence-electron chi connectivity index (χ2n) is 5.17. The number of aromatic nitrogens is 2. The fraction of sp³-hybridized carbons (Fsp3) is 0.462. The molecule has 0 fully saturated rings. The molecule has 1 atom stereocenters. The van der Waals surface area contributed by atoms with E-state index in [1.165, 1.54) is 21.8 Å². The number of rotatable bonds is 5. The van der Waals surface area contributed by atoms with Crippen molar-refractivity contribution in [1.29, 1.82) is 0 Å². The van der Waals surface area contributed by atoms with Crippen molar-refractivity contribution in [3.05, 3.63) is 33.7 Å². The van der Waals surface area contributed by atoms with Gasteiger partial charge in [-0.05, 0) is 13.8 Å². The van der Waals surface area contributed by atoms with E-state index in [0.29, 0.717) is 23.7 Å². The molecule has 6 nitrogen and oxygen atoms in total. The van der Waals surface area contributed by atoms with Gasteiger partial charge in [0, 0.05) is 23.7 Å². The van der Waals surface area contributed by atoms with Crippen LogP contribution in [0, 0.1) is 0 Å². The minimum Gasteiger partial charge on any atom is -0.349 e. The SMILES string of the molecule is CC(C)NC(=O)C[NH+](C)Cc1cc(=O)n2ccsc2n1. The van der Waals surface area contributed by atoms with Gasteiger partial charge >= 0.3 is 0 Å². The molecular weight excluding hydrogens is 276 g/mol. The van der Waals surface area contributed by atoms with Crippen LogP contribution in [0.5, 0.6) is 0 Å². The zero-order valence-corrected chi connectivity index (χ0v) is 12.7. The fourth-order valence-corrected chi connectivity index (χ4v) is 2.74. The summed E-state index contributed by atoms with van der Waals surface area (Å²) in [4.78, 5) is 29.6. The highest BCUT2D eigenvalue weighted by Gasteiger charge is 2.13. The highest BCUT2D eigenvalue weighted by Crippen LogP contribution is 2.05. The molecule has 0 saturated carbocycles. The van der Waals surface area contributed by atoms with Gasteiger partial charge in [0.25, 0.3) is 11.5 Å². The predicted octanol–water partition coefficient (Wildman–Crippen LogP) is -0.705. The molecule has 0 saturated heterocycles. The summed E-state index contributed by atoms with van der Waals surface area (Å²) in [7, 11) is 1.91. The zero-order valence-electron chi connectivity index (χ0n) is 11.8. The minimum atomic E-state index is -0.0781. The summed E-state index contributed by atoms with van der Waals surface area (Å²) in [5.41, 5.74) is 0.637. The number of hydrogen-bond donors (Lipinski definition) is 2. The number of thiazole rings is 1. The number of likely N-dealkylation sites (N-methyl/N-ethyl adjacent to an activating group) is 1. The zero-order chi connectivity index (χ0) is 14.7. The van der Waals surface area contributed by atoms with E-state index >= 15 is 0 Å². The van der Waals surface area contributed by atoms with Crippen LogP contribution in [0.15, 0.2) is 22.4 Å². The van der Waals surface area contributed by atoms with E-state index in [2.05, 4.69) is 10.3 Å². The van der Waals surface area contributed by atoms with Crippen LogP contribution in [0.1, 0.15) is 19.5 Å². The lowest BCUT2D eigenvalue weighted by Crippen LogP contribution is -3.09. The summed E-state index contributed by atoms with van der Waals surface area (Å²) >= 11 is 1.43. The lowest BCUT2D eigenvalue weighted by atomic mass is 10.3. The van der Waals surface area contributed by atoms with Gasteiger partial charge in [-0.15, -0.1) is 11.3 Å². The average molecular weight is 295 g/mol. The molecule has 0 aromatic carbocycles. The summed E-state index contributed by atoms with van der Waals surface area (Å²) in [6.07, 6.45) is 1.71. The Bertz CT molecular complexity index is 662. The number of hydrogen-bond acceptors (Lipinski definition) is 4. The van der Waals surface area contributed by atoms with E-state index in [1.54, 1.807) is 6.20 Å². The first kappa shape index (κ1) is 14.7. The molecule has 0 aliphatic carbocycles. The molecule has 20 heavy (non-hydrogen) atoms. The number of carbonyl (C=O) groups is 1. The first-order chi connectivity index (χ1) is 9.45. The van der Waals surface area contributed by atoms with Crippen LogP contribution in [0.2, 0.25) is 0 Å². The van der Waals surface area contributed by atoms with Gasteiger partial charge in [0.05, 0.1) is 7.05 Å². The van der Waals surface area contributed by atoms with Crippen molar-refractivity contribution in [2.75, 3.05) is 13.6 Å². The van der Waals surface area contributed by atoms with Gasteiger partial charge in [-0.2, -0.15) is 0 Å². The van der Waals surface area contributed by atoms with E-state index in [9.17, 15) is 9.59 Å². The fourth-order valence-electron chi connectivity index (χ4n) is 2.00. The van der Waals surface area contributed by atoms with E-state index in [0.717, 1.165) is 4.90 Å². The molecule has 1 amide bonds. The second-order valence-corrected chi connectivity index (χ2v) is 6.05. The molecule has 108 valence electrons. The molecule has 2 N–H and O–H groups in total. The monoisotopic (exact) mass is 295 g/mol. The molecule has 1 unspecified atom stereocenters. The Morgan fingerprint density at radius 1 is 1.55 bits per heavy atom. The van der Waals surface area contributed by atoms with Gasteiger partial charge < -0.3 is 10.2 Å². The Balaban J connectivity index is 2.04. The molecule has 0 spiro atoms. The molecule has 0 aliphatic heterocycles. The van der Waals surface area contributed by atoms with Crippen LogP contribution < -0.4 is 15.8 Å². The molecular formula is C13H19N4O2S+. The smallest absolute Gasteiger partial charge is 0.275 e. The van der Waals surface area contributed by atoms with Crippen LogP contribution in [0.3, 0.4) is 0 Å². The number of carbonyl (C=O) groups excluding carboxylic acids is 1. The highest BCUT2D eigenvalue weighted by molar-refractivity contribution is 7.15. The molecule has 2 rings (SSSR count). The minimum absolute atomic E-state index is 0.00595. The van der Waals surface area contributed by atoms with Gasteiger partial charge in [-0.3, -0.25) is 14.0 Å². The summed E-state index contributed by atoms with van der Waals surface area (Å²) < 4.78 is 1.52. The Kier molecular flexibility index (Phi) is 4.51. The molecule has 7 heteroatoms. The summed E-state index contributed by atoms with van der Waals surface area (Å²) in [5.74, 6) is 0.00595. The van der Waals surface area contributed by atoms with Crippen molar-refractivity contribution >= 4 is 22.2 Å². The van der Waals surface area contributed by atoms with Crippen molar-refractivity contribution in [2.45, 2.75) is 26.4 Å².